The number of hydrogen-bond donors (Lipinski definition) is 1. The number of nitrogens with zero attached hydrogens (tertiary/aromatic N) is 1. The lowest BCUT2D eigenvalue weighted by molar-refractivity contribution is 0.0988. The van der Waals surface area contributed by atoms with Crippen LogP contribution in [0.3, 0.4) is 0 Å². The lowest BCUT2D eigenvalue weighted by Gasteiger charge is -2.08. The molecule has 20 heavy (non-hydrogen) atoms. The summed E-state index contributed by atoms with van der Waals surface area (Å²) < 4.78 is 15.3. The van der Waals surface area contributed by atoms with Crippen LogP contribution in [-0.4, -0.2) is 31.4 Å². The Bertz CT molecular complexity index is 580. The Hall–Kier alpha value is -2.34. The van der Waals surface area contributed by atoms with E-state index in [1.165, 1.54) is 0 Å². The van der Waals surface area contributed by atoms with Crippen molar-refractivity contribution in [1.29, 1.82) is 0 Å². The van der Waals surface area contributed by atoms with Gasteiger partial charge in [-0.1, -0.05) is 11.2 Å². The first kappa shape index (κ1) is 14.1. The average Bonchev–Trinajstić information content (AvgIpc) is 2.86. The highest BCUT2D eigenvalue weighted by Gasteiger charge is 2.11. The Kier molecular flexibility index (Phi) is 4.73. The fraction of sp³-hybridized carbons (Fsp3) is 0.286. The number of carbonyl (C=O) groups excluding carboxylic acids is 1. The van der Waals surface area contributed by atoms with E-state index in [0.29, 0.717) is 30.3 Å². The maximum atomic E-state index is 11.9. The Balaban J connectivity index is 1.98. The van der Waals surface area contributed by atoms with Crippen LogP contribution in [0, 0.1) is 6.92 Å². The molecule has 0 aliphatic rings. The van der Waals surface area contributed by atoms with Crippen LogP contribution >= 0.6 is 0 Å². The normalized spacial score (nSPS) is 10.3. The van der Waals surface area contributed by atoms with Crippen molar-refractivity contribution in [2.45, 2.75) is 6.92 Å². The minimum Gasteiger partial charge on any atom is -0.491 e. The van der Waals surface area contributed by atoms with E-state index < -0.39 is 0 Å². The zero-order valence-electron chi connectivity index (χ0n) is 11.4. The van der Waals surface area contributed by atoms with Gasteiger partial charge in [0.25, 0.3) is 5.91 Å². The fourth-order valence-electron chi connectivity index (χ4n) is 1.57. The van der Waals surface area contributed by atoms with Gasteiger partial charge in [0.05, 0.1) is 12.3 Å². The van der Waals surface area contributed by atoms with Gasteiger partial charge in [-0.3, -0.25) is 4.79 Å². The number of benzene rings is 1. The number of aryl methyl sites for hydroxylation is 1. The van der Waals surface area contributed by atoms with Gasteiger partial charge in [0.1, 0.15) is 12.4 Å². The molecule has 0 saturated carbocycles. The molecule has 1 heterocycles. The smallest absolute Gasteiger partial charge is 0.294 e. The van der Waals surface area contributed by atoms with Crippen molar-refractivity contribution in [2.75, 3.05) is 25.6 Å². The maximum absolute atomic E-state index is 11.9. The highest BCUT2D eigenvalue weighted by Crippen LogP contribution is 2.18. The molecular formula is C14H16N2O4. The predicted molar refractivity (Wildman–Crippen MR) is 73.0 cm³/mol. The number of methoxy groups -OCH3 is 1. The van der Waals surface area contributed by atoms with Gasteiger partial charge in [-0.25, -0.2) is 0 Å². The molecule has 0 atom stereocenters. The Morgan fingerprint density at radius 2 is 2.20 bits per heavy atom. The molecule has 0 fully saturated rings. The van der Waals surface area contributed by atoms with E-state index in [2.05, 4.69) is 10.5 Å². The Labute approximate surface area is 116 Å². The second kappa shape index (κ2) is 6.72. The number of aromatic nitrogens is 1. The van der Waals surface area contributed by atoms with Crippen LogP contribution < -0.4 is 10.1 Å². The van der Waals surface area contributed by atoms with E-state index in [9.17, 15) is 4.79 Å². The SMILES string of the molecule is COCCOc1cccc(NC(=O)c2cc(C)no2)c1. The first-order valence-corrected chi connectivity index (χ1v) is 6.15. The van der Waals surface area contributed by atoms with Crippen molar-refractivity contribution in [3.8, 4) is 5.75 Å². The van der Waals surface area contributed by atoms with Crippen LogP contribution in [0.2, 0.25) is 0 Å². The topological polar surface area (TPSA) is 73.6 Å². The highest BCUT2D eigenvalue weighted by atomic mass is 16.5. The molecule has 1 aromatic heterocycles. The number of amides is 1. The summed E-state index contributed by atoms with van der Waals surface area (Å²) in [6.45, 7) is 2.72. The van der Waals surface area contributed by atoms with Crippen LogP contribution in [0.15, 0.2) is 34.9 Å². The summed E-state index contributed by atoms with van der Waals surface area (Å²) >= 11 is 0. The first-order valence-electron chi connectivity index (χ1n) is 6.15. The van der Waals surface area contributed by atoms with Crippen LogP contribution in [0.5, 0.6) is 5.75 Å². The van der Waals surface area contributed by atoms with Crippen molar-refractivity contribution >= 4 is 11.6 Å². The largest absolute Gasteiger partial charge is 0.491 e. The molecule has 106 valence electrons. The summed E-state index contributed by atoms with van der Waals surface area (Å²) in [5.41, 5.74) is 1.28. The summed E-state index contributed by atoms with van der Waals surface area (Å²) in [7, 11) is 1.61. The molecular weight excluding hydrogens is 260 g/mol. The quantitative estimate of drug-likeness (QED) is 0.819. The van der Waals surface area contributed by atoms with Crippen molar-refractivity contribution in [3.05, 3.63) is 41.8 Å². The number of nitrogens with one attached hydrogen (secondary N) is 1. The van der Waals surface area contributed by atoms with Crippen LogP contribution in [0.25, 0.3) is 0 Å². The molecule has 1 N–H and O–H groups in total. The predicted octanol–water partition coefficient (Wildman–Crippen LogP) is 2.26. The second-order valence-corrected chi connectivity index (χ2v) is 4.16. The van der Waals surface area contributed by atoms with Gasteiger partial charge in [-0.15, -0.1) is 0 Å². The van der Waals surface area contributed by atoms with E-state index in [1.807, 2.05) is 6.07 Å². The summed E-state index contributed by atoms with van der Waals surface area (Å²) in [5, 5.41) is 6.39. The molecule has 1 aromatic carbocycles. The monoisotopic (exact) mass is 276 g/mol. The fourth-order valence-corrected chi connectivity index (χ4v) is 1.57. The molecule has 0 unspecified atom stereocenters. The minimum absolute atomic E-state index is 0.174. The van der Waals surface area contributed by atoms with E-state index in [0.717, 1.165) is 0 Å². The molecule has 6 nitrogen and oxygen atoms in total. The van der Waals surface area contributed by atoms with Gasteiger partial charge >= 0.3 is 0 Å². The summed E-state index contributed by atoms with van der Waals surface area (Å²) in [4.78, 5) is 11.9. The number of ether oxygens (including phenoxy) is 2. The zero-order valence-corrected chi connectivity index (χ0v) is 11.4. The second-order valence-electron chi connectivity index (χ2n) is 4.16. The molecule has 0 spiro atoms. The van der Waals surface area contributed by atoms with Gasteiger partial charge in [-0.05, 0) is 19.1 Å². The number of carbonyl (C=O) groups is 1. The number of hydrogen-bond acceptors (Lipinski definition) is 5. The van der Waals surface area contributed by atoms with E-state index in [-0.39, 0.29) is 11.7 Å². The molecule has 0 aliphatic carbocycles. The summed E-state index contributed by atoms with van der Waals surface area (Å²) in [5.74, 6) is 0.487. The maximum Gasteiger partial charge on any atom is 0.294 e. The highest BCUT2D eigenvalue weighted by molar-refractivity contribution is 6.02. The van der Waals surface area contributed by atoms with Gasteiger partial charge < -0.3 is 19.3 Å². The van der Waals surface area contributed by atoms with Gasteiger partial charge in [-0.2, -0.15) is 0 Å². The third-order valence-corrected chi connectivity index (χ3v) is 2.50. The molecule has 6 heteroatoms. The minimum atomic E-state index is -0.348. The number of anilines is 1. The molecule has 2 rings (SSSR count). The average molecular weight is 276 g/mol. The molecule has 0 radical (unpaired) electrons. The molecule has 0 bridgehead atoms. The van der Waals surface area contributed by atoms with Gasteiger partial charge in [0.15, 0.2) is 0 Å². The lowest BCUT2D eigenvalue weighted by Crippen LogP contribution is -2.11. The Morgan fingerprint density at radius 3 is 2.90 bits per heavy atom. The van der Waals surface area contributed by atoms with E-state index >= 15 is 0 Å². The Morgan fingerprint density at radius 1 is 1.35 bits per heavy atom. The van der Waals surface area contributed by atoms with Gasteiger partial charge in [0.2, 0.25) is 5.76 Å². The van der Waals surface area contributed by atoms with E-state index in [1.54, 1.807) is 38.3 Å². The summed E-state index contributed by atoms with van der Waals surface area (Å²) in [6.07, 6.45) is 0. The molecule has 2 aromatic rings. The third kappa shape index (κ3) is 3.83. The van der Waals surface area contributed by atoms with E-state index in [4.69, 9.17) is 14.0 Å². The summed E-state index contributed by atoms with van der Waals surface area (Å²) in [6, 6.07) is 8.68. The van der Waals surface area contributed by atoms with Crippen LogP contribution in [0.1, 0.15) is 16.2 Å². The van der Waals surface area contributed by atoms with Crippen LogP contribution in [-0.2, 0) is 4.74 Å². The van der Waals surface area contributed by atoms with Crippen molar-refractivity contribution in [1.82, 2.24) is 5.16 Å². The molecule has 0 aliphatic heterocycles. The van der Waals surface area contributed by atoms with Crippen LogP contribution in [0.4, 0.5) is 5.69 Å². The van der Waals surface area contributed by atoms with Crippen molar-refractivity contribution in [2.24, 2.45) is 0 Å². The zero-order chi connectivity index (χ0) is 14.4. The van der Waals surface area contributed by atoms with Crippen molar-refractivity contribution in [3.63, 3.8) is 0 Å². The van der Waals surface area contributed by atoms with Crippen molar-refractivity contribution < 1.29 is 18.8 Å². The number of rotatable bonds is 6. The third-order valence-electron chi connectivity index (χ3n) is 2.50. The van der Waals surface area contributed by atoms with Gasteiger partial charge in [0, 0.05) is 24.9 Å². The molecule has 0 saturated heterocycles. The first-order chi connectivity index (χ1) is 9.69. The molecule has 1 amide bonds. The lowest BCUT2D eigenvalue weighted by atomic mass is 10.3. The standard InChI is InChI=1S/C14H16N2O4/c1-10-8-13(20-16-10)14(17)15-11-4-3-5-12(9-11)19-7-6-18-2/h3-5,8-9H,6-7H2,1-2H3,(H,15,17).